The standard InChI is InChI=1S/C41H60N8O6S2/c1-5-48(56(52,53)44-40(50)42-38-31-12-6-10-27(31)22-28-11-7-13-32(28)38)21-20-46(4)25-37-33-14-8-16-35(33)39(36-17-9-15-34(36)37)43-41(51)45-57(54,55)49-29-18-19-30(49)24-47(23-29)26(2)3/h22,26,29-30H,5-21,23-25H2,1-4H3,(H2,42,44,50)(H2,43,45,51). The van der Waals surface area contributed by atoms with Gasteiger partial charge in [0.2, 0.25) is 0 Å². The number of piperazine rings is 1. The zero-order valence-corrected chi connectivity index (χ0v) is 35.6. The highest BCUT2D eigenvalue weighted by Crippen LogP contribution is 2.43. The Morgan fingerprint density at radius 3 is 1.75 bits per heavy atom. The number of carbonyl (C=O) groups excluding carboxylic acids is 2. The molecular formula is C41H60N8O6S2. The van der Waals surface area contributed by atoms with Crippen molar-refractivity contribution < 1.29 is 26.4 Å². The molecule has 16 heteroatoms. The number of hydrogen-bond donors (Lipinski definition) is 4. The Kier molecular flexibility index (Phi) is 11.4. The minimum Gasteiger partial charge on any atom is -0.307 e. The van der Waals surface area contributed by atoms with E-state index < -0.39 is 32.5 Å². The normalized spacial score (nSPS) is 21.6. The third kappa shape index (κ3) is 7.94. The summed E-state index contributed by atoms with van der Waals surface area (Å²) in [6.45, 7) is 8.87. The van der Waals surface area contributed by atoms with E-state index in [1.54, 1.807) is 6.92 Å². The van der Waals surface area contributed by atoms with Gasteiger partial charge >= 0.3 is 32.5 Å². The lowest BCUT2D eigenvalue weighted by atomic mass is 9.91. The van der Waals surface area contributed by atoms with E-state index in [-0.39, 0.29) is 25.2 Å². The summed E-state index contributed by atoms with van der Waals surface area (Å²) in [5.41, 5.74) is 12.2. The topological polar surface area (TPSA) is 163 Å². The fourth-order valence-corrected chi connectivity index (χ4v) is 13.4. The highest BCUT2D eigenvalue weighted by molar-refractivity contribution is 7.88. The minimum atomic E-state index is -4.10. The molecule has 8 rings (SSSR count). The molecule has 0 aromatic heterocycles. The van der Waals surface area contributed by atoms with Crippen molar-refractivity contribution >= 4 is 43.9 Å². The number of likely N-dealkylation sites (tertiary alicyclic amines) is 1. The summed E-state index contributed by atoms with van der Waals surface area (Å²) >= 11 is 0. The van der Waals surface area contributed by atoms with Crippen LogP contribution in [0.2, 0.25) is 0 Å². The van der Waals surface area contributed by atoms with Crippen LogP contribution in [0.3, 0.4) is 0 Å². The molecule has 6 aliphatic rings. The molecule has 2 atom stereocenters. The minimum absolute atomic E-state index is 0.137. The zero-order chi connectivity index (χ0) is 40.2. The molecule has 4 aliphatic carbocycles. The van der Waals surface area contributed by atoms with E-state index >= 15 is 0 Å². The monoisotopic (exact) mass is 824 g/mol. The fraction of sp³-hybridized carbons (Fsp3) is 0.659. The van der Waals surface area contributed by atoms with E-state index in [1.807, 2.05) is 7.05 Å². The number of benzene rings is 2. The van der Waals surface area contributed by atoms with Crippen molar-refractivity contribution in [1.82, 2.24) is 27.9 Å². The SMILES string of the molecule is CCN(CCN(C)Cc1c2c(c(NC(=O)NS(=O)(=O)N3C4CCC3CN(C(C)C)C4)c3c1CCC3)CCC2)S(=O)(=O)NC(=O)Nc1c2c(cc3c1CCC3)CCC2. The van der Waals surface area contributed by atoms with Gasteiger partial charge in [-0.2, -0.15) is 25.4 Å². The number of carbonyl (C=O) groups is 2. The first-order chi connectivity index (χ1) is 27.2. The summed E-state index contributed by atoms with van der Waals surface area (Å²) in [6, 6.07) is 0.907. The molecular weight excluding hydrogens is 765 g/mol. The van der Waals surface area contributed by atoms with Crippen LogP contribution in [0.25, 0.3) is 0 Å². The van der Waals surface area contributed by atoms with E-state index in [1.165, 1.54) is 36.4 Å². The lowest BCUT2D eigenvalue weighted by Crippen LogP contribution is -2.60. The average Bonchev–Trinajstić information content (AvgIpc) is 4.00. The van der Waals surface area contributed by atoms with Gasteiger partial charge in [0, 0.05) is 68.8 Å². The molecule has 2 aromatic carbocycles. The predicted molar refractivity (Wildman–Crippen MR) is 222 cm³/mol. The maximum absolute atomic E-state index is 13.6. The van der Waals surface area contributed by atoms with Gasteiger partial charge in [-0.3, -0.25) is 4.90 Å². The molecule has 0 saturated carbocycles. The number of amides is 4. The summed E-state index contributed by atoms with van der Waals surface area (Å²) < 4.78 is 61.8. The van der Waals surface area contributed by atoms with Crippen LogP contribution < -0.4 is 20.1 Å². The average molecular weight is 825 g/mol. The number of rotatable bonds is 13. The first kappa shape index (κ1) is 40.5. The molecule has 0 radical (unpaired) electrons. The van der Waals surface area contributed by atoms with Crippen molar-refractivity contribution in [1.29, 1.82) is 0 Å². The third-order valence-corrected chi connectivity index (χ3v) is 16.6. The van der Waals surface area contributed by atoms with Crippen LogP contribution >= 0.6 is 0 Å². The van der Waals surface area contributed by atoms with Gasteiger partial charge in [0.05, 0.1) is 0 Å². The summed E-state index contributed by atoms with van der Waals surface area (Å²) in [7, 11) is -6.15. The van der Waals surface area contributed by atoms with E-state index in [0.29, 0.717) is 32.2 Å². The van der Waals surface area contributed by atoms with Gasteiger partial charge in [-0.1, -0.05) is 13.0 Å². The Hall–Kier alpha value is -3.28. The van der Waals surface area contributed by atoms with E-state index in [0.717, 1.165) is 124 Å². The molecule has 2 heterocycles. The number of aryl methyl sites for hydroxylation is 2. The summed E-state index contributed by atoms with van der Waals surface area (Å²) in [5, 5.41) is 5.97. The Bertz CT molecular complexity index is 2080. The number of hydrogen-bond acceptors (Lipinski definition) is 8. The molecule has 4 amide bonds. The molecule has 2 fully saturated rings. The van der Waals surface area contributed by atoms with E-state index in [4.69, 9.17) is 0 Å². The number of nitrogens with one attached hydrogen (secondary N) is 4. The molecule has 2 bridgehead atoms. The van der Waals surface area contributed by atoms with Crippen LogP contribution in [0, 0.1) is 0 Å². The Morgan fingerprint density at radius 1 is 0.719 bits per heavy atom. The van der Waals surface area contributed by atoms with Gasteiger partial charge in [0.1, 0.15) is 0 Å². The van der Waals surface area contributed by atoms with Crippen molar-refractivity contribution in [2.45, 2.75) is 135 Å². The molecule has 0 spiro atoms. The number of likely N-dealkylation sites (N-methyl/N-ethyl adjacent to an activating group) is 2. The van der Waals surface area contributed by atoms with Gasteiger partial charge in [-0.15, -0.1) is 0 Å². The molecule has 4 N–H and O–H groups in total. The third-order valence-electron chi connectivity index (χ3n) is 13.5. The lowest BCUT2D eigenvalue weighted by molar-refractivity contribution is 0.102. The first-order valence-electron chi connectivity index (χ1n) is 21.2. The van der Waals surface area contributed by atoms with Crippen molar-refractivity contribution in [2.24, 2.45) is 0 Å². The largest absolute Gasteiger partial charge is 0.333 e. The van der Waals surface area contributed by atoms with Gasteiger partial charge in [0.25, 0.3) is 0 Å². The molecule has 14 nitrogen and oxygen atoms in total. The maximum Gasteiger partial charge on any atom is 0.333 e. The van der Waals surface area contributed by atoms with Gasteiger partial charge < -0.3 is 15.5 Å². The first-order valence-corrected chi connectivity index (χ1v) is 24.1. The van der Waals surface area contributed by atoms with Crippen molar-refractivity contribution in [2.75, 3.05) is 50.4 Å². The van der Waals surface area contributed by atoms with Crippen LogP contribution in [0.15, 0.2) is 6.07 Å². The van der Waals surface area contributed by atoms with Crippen LogP contribution in [0.1, 0.15) is 109 Å². The quantitative estimate of drug-likeness (QED) is 0.231. The highest BCUT2D eigenvalue weighted by atomic mass is 32.2. The maximum atomic E-state index is 13.6. The van der Waals surface area contributed by atoms with E-state index in [2.05, 4.69) is 49.8 Å². The number of nitrogens with zero attached hydrogens (tertiary/aromatic N) is 4. The molecule has 2 aliphatic heterocycles. The lowest BCUT2D eigenvalue weighted by Gasteiger charge is -2.41. The zero-order valence-electron chi connectivity index (χ0n) is 34.0. The second-order valence-electron chi connectivity index (χ2n) is 17.3. The Morgan fingerprint density at radius 2 is 1.21 bits per heavy atom. The predicted octanol–water partition coefficient (Wildman–Crippen LogP) is 4.38. The van der Waals surface area contributed by atoms with Crippen LogP contribution in [0.5, 0.6) is 0 Å². The van der Waals surface area contributed by atoms with Crippen LogP contribution in [-0.4, -0.2) is 105 Å². The second-order valence-corrected chi connectivity index (χ2v) is 20.6. The molecule has 57 heavy (non-hydrogen) atoms. The van der Waals surface area contributed by atoms with Crippen LogP contribution in [-0.2, 0) is 78.3 Å². The van der Waals surface area contributed by atoms with Crippen LogP contribution in [0.4, 0.5) is 21.0 Å². The Balaban J connectivity index is 0.913. The van der Waals surface area contributed by atoms with E-state index in [9.17, 15) is 26.4 Å². The van der Waals surface area contributed by atoms with Gasteiger partial charge in [-0.25, -0.2) is 19.0 Å². The number of fused-ring (bicyclic) bond motifs is 6. The highest BCUT2D eigenvalue weighted by Gasteiger charge is 2.47. The molecule has 2 saturated heterocycles. The fourth-order valence-electron chi connectivity index (χ4n) is 10.8. The summed E-state index contributed by atoms with van der Waals surface area (Å²) in [4.78, 5) is 31.2. The number of urea groups is 2. The molecule has 312 valence electrons. The molecule has 2 aromatic rings. The smallest absolute Gasteiger partial charge is 0.307 e. The van der Waals surface area contributed by atoms with Gasteiger partial charge in [0.15, 0.2) is 0 Å². The van der Waals surface area contributed by atoms with Crippen molar-refractivity contribution in [3.05, 3.63) is 56.1 Å². The number of anilines is 2. The second kappa shape index (κ2) is 16.1. The van der Waals surface area contributed by atoms with Gasteiger partial charge in [-0.05, 0) is 161 Å². The van der Waals surface area contributed by atoms with Crippen molar-refractivity contribution in [3.63, 3.8) is 0 Å². The van der Waals surface area contributed by atoms with Crippen molar-refractivity contribution in [3.8, 4) is 0 Å². The Labute approximate surface area is 338 Å². The summed E-state index contributed by atoms with van der Waals surface area (Å²) in [5.74, 6) is 0. The molecule has 2 unspecified atom stereocenters. The summed E-state index contributed by atoms with van der Waals surface area (Å²) in [6.07, 6.45) is 12.6.